The molecule has 1 N–H and O–H groups in total. The van der Waals surface area contributed by atoms with E-state index in [-0.39, 0.29) is 6.84 Å². The van der Waals surface area contributed by atoms with Crippen molar-refractivity contribution in [2.24, 2.45) is 5.92 Å². The van der Waals surface area contributed by atoms with E-state index in [9.17, 15) is 0 Å². The van der Waals surface area contributed by atoms with Gasteiger partial charge in [-0.25, -0.2) is 0 Å². The average molecular weight is 396 g/mol. The Bertz CT molecular complexity index is 1470. The lowest BCUT2D eigenvalue weighted by atomic mass is 9.89. The van der Waals surface area contributed by atoms with Crippen molar-refractivity contribution >= 4 is 53.3 Å². The summed E-state index contributed by atoms with van der Waals surface area (Å²) in [6, 6.07) is 20.3. The van der Waals surface area contributed by atoms with Crippen molar-refractivity contribution < 1.29 is 1.43 Å². The van der Waals surface area contributed by atoms with Crippen molar-refractivity contribution in [3.05, 3.63) is 84.5 Å². The molecule has 2 heteroatoms. The minimum atomic E-state index is 0. The quantitative estimate of drug-likeness (QED) is 0.293. The largest absolute Gasteiger partial charge is 0.354 e. The van der Waals surface area contributed by atoms with Crippen molar-refractivity contribution in [3.8, 4) is 0 Å². The predicted molar refractivity (Wildman–Crippen MR) is 130 cm³/mol. The molecule has 29 heavy (non-hydrogen) atoms. The van der Waals surface area contributed by atoms with Crippen LogP contribution < -0.4 is 0 Å². The van der Waals surface area contributed by atoms with Crippen LogP contribution >= 0.6 is 11.3 Å². The van der Waals surface area contributed by atoms with Gasteiger partial charge in [0.05, 0.1) is 0 Å². The van der Waals surface area contributed by atoms with E-state index in [1.165, 1.54) is 54.0 Å². The van der Waals surface area contributed by atoms with E-state index in [4.69, 9.17) is 0 Å². The maximum absolute atomic E-state index is 3.65. The van der Waals surface area contributed by atoms with Crippen molar-refractivity contribution in [1.29, 1.82) is 0 Å². The molecule has 2 aliphatic carbocycles. The van der Waals surface area contributed by atoms with E-state index in [0.717, 1.165) is 0 Å². The van der Waals surface area contributed by atoms with Gasteiger partial charge in [0.25, 0.3) is 0 Å². The minimum Gasteiger partial charge on any atom is -0.354 e. The van der Waals surface area contributed by atoms with Gasteiger partial charge in [0.2, 0.25) is 0 Å². The second-order valence-corrected chi connectivity index (χ2v) is 9.00. The highest BCUT2D eigenvalue weighted by atomic mass is 32.1. The molecule has 1 saturated carbocycles. The maximum atomic E-state index is 3.65. The normalized spacial score (nSPS) is 22.2. The Morgan fingerprint density at radius 2 is 1.79 bits per heavy atom. The van der Waals surface area contributed by atoms with Gasteiger partial charge in [0.1, 0.15) is 0 Å². The fraction of sp³-hybridized carbons (Fsp3) is 0.185. The molecule has 0 saturated heterocycles. The van der Waals surface area contributed by atoms with Crippen LogP contribution in [-0.2, 0) is 5.41 Å². The smallest absolute Gasteiger partial charge is 0.0479 e. The number of thiophene rings is 1. The van der Waals surface area contributed by atoms with Crippen LogP contribution in [0.3, 0.4) is 0 Å². The summed E-state index contributed by atoms with van der Waals surface area (Å²) in [5, 5.41) is 5.49. The van der Waals surface area contributed by atoms with E-state index >= 15 is 0 Å². The van der Waals surface area contributed by atoms with E-state index in [0.29, 0.717) is 5.92 Å². The van der Waals surface area contributed by atoms with Crippen LogP contribution in [0.5, 0.6) is 0 Å². The minimum absolute atomic E-state index is 0. The summed E-state index contributed by atoms with van der Waals surface area (Å²) < 4.78 is 2.77. The lowest BCUT2D eigenvalue weighted by Gasteiger charge is -2.14. The number of allylic oxidation sites excluding steroid dienone is 4. The highest BCUT2D eigenvalue weighted by Crippen LogP contribution is 2.58. The molecule has 0 spiro atoms. The molecule has 1 fully saturated rings. The first-order chi connectivity index (χ1) is 14.3. The Morgan fingerprint density at radius 1 is 0.931 bits per heavy atom. The molecule has 2 heterocycles. The lowest BCUT2D eigenvalue weighted by molar-refractivity contribution is 0.819. The van der Waals surface area contributed by atoms with Gasteiger partial charge in [-0.05, 0) is 42.2 Å². The summed E-state index contributed by atoms with van der Waals surface area (Å²) in [4.78, 5) is 3.65. The Morgan fingerprint density at radius 3 is 2.69 bits per heavy atom. The molecule has 0 bridgehead atoms. The monoisotopic (exact) mass is 395 g/mol. The molecule has 0 radical (unpaired) electrons. The number of fused-ring (bicyclic) bond motifs is 8. The van der Waals surface area contributed by atoms with E-state index in [1.807, 2.05) is 25.2 Å². The van der Waals surface area contributed by atoms with Gasteiger partial charge in [0, 0.05) is 48.8 Å². The van der Waals surface area contributed by atoms with Gasteiger partial charge in [-0.1, -0.05) is 68.5 Å². The molecule has 2 aromatic heterocycles. The predicted octanol–water partition coefficient (Wildman–Crippen LogP) is 8.34. The number of aromatic amines is 1. The molecule has 144 valence electrons. The van der Waals surface area contributed by atoms with Crippen molar-refractivity contribution in [2.75, 3.05) is 0 Å². The number of aromatic nitrogens is 1. The van der Waals surface area contributed by atoms with Gasteiger partial charge in [-0.15, -0.1) is 11.3 Å². The molecule has 0 aliphatic heterocycles. The topological polar surface area (TPSA) is 15.8 Å². The van der Waals surface area contributed by atoms with Gasteiger partial charge in [-0.2, -0.15) is 0 Å². The van der Waals surface area contributed by atoms with Crippen molar-refractivity contribution in [2.45, 2.75) is 25.7 Å². The Kier molecular flexibility index (Phi) is 3.57. The highest BCUT2D eigenvalue weighted by Gasteiger charge is 2.52. The maximum Gasteiger partial charge on any atom is 0.0479 e. The molecular formula is C27H25NS. The molecule has 2 atom stereocenters. The van der Waals surface area contributed by atoms with Crippen LogP contribution in [0.15, 0.2) is 78.9 Å². The number of benzene rings is 3. The molecule has 2 aliphatic rings. The molecular weight excluding hydrogens is 370 g/mol. The number of hydrogen-bond acceptors (Lipinski definition) is 1. The first-order valence-electron chi connectivity index (χ1n) is 10.6. The van der Waals surface area contributed by atoms with Crippen molar-refractivity contribution in [1.82, 2.24) is 4.98 Å². The van der Waals surface area contributed by atoms with Gasteiger partial charge < -0.3 is 4.98 Å². The van der Waals surface area contributed by atoms with E-state index < -0.39 is 0 Å². The van der Waals surface area contributed by atoms with Gasteiger partial charge in [0.15, 0.2) is 0 Å². The average Bonchev–Trinajstić information content (AvgIpc) is 3.25. The molecule has 2 unspecified atom stereocenters. The highest BCUT2D eigenvalue weighted by molar-refractivity contribution is 7.26. The zero-order valence-corrected chi connectivity index (χ0v) is 17.5. The summed E-state index contributed by atoms with van der Waals surface area (Å²) in [5.74, 6) is 0.675. The molecule has 0 amide bonds. The Labute approximate surface area is 175 Å². The fourth-order valence-electron chi connectivity index (χ4n) is 5.05. The second kappa shape index (κ2) is 6.08. The third-order valence-electron chi connectivity index (χ3n) is 6.55. The Balaban J connectivity index is 0.000000625. The van der Waals surface area contributed by atoms with Crippen LogP contribution in [0, 0.1) is 5.92 Å². The van der Waals surface area contributed by atoms with Crippen LogP contribution in [0.4, 0.5) is 0 Å². The Hall–Kier alpha value is -2.84. The summed E-state index contributed by atoms with van der Waals surface area (Å²) in [5.41, 5.74) is 4.17. The second-order valence-electron chi connectivity index (χ2n) is 7.94. The molecule has 3 aromatic carbocycles. The first-order valence-corrected chi connectivity index (χ1v) is 11.4. The first kappa shape index (κ1) is 17.1. The third-order valence-corrected chi connectivity index (χ3v) is 7.75. The standard InChI is InChI=1S/C25H17NS.C2H6.H2/c1-2-7-22-17(6-1)18-9-11-21-23(24(18)27-22)19-13-15(8-10-20(19)26-21)25-12-4-3-5-16(25)14-25;1-2;/h1-13,16,26H,14H2;1-2H3;1H. The van der Waals surface area contributed by atoms with Crippen LogP contribution in [0.1, 0.15) is 27.3 Å². The van der Waals surface area contributed by atoms with Gasteiger partial charge >= 0.3 is 0 Å². The lowest BCUT2D eigenvalue weighted by Crippen LogP contribution is -2.07. The van der Waals surface area contributed by atoms with E-state index in [2.05, 4.69) is 83.9 Å². The molecule has 1 nitrogen and oxygen atoms in total. The molecule has 7 rings (SSSR count). The third kappa shape index (κ3) is 2.27. The molecule has 5 aromatic rings. The summed E-state index contributed by atoms with van der Waals surface area (Å²) in [6.45, 7) is 4.00. The SMILES string of the molecule is C1=CC2CC2(c2ccc3[nH]c4ccc5c6ccccc6sc5c4c3c2)C=C1.CC.[HH]. The number of nitrogens with one attached hydrogen (secondary N) is 1. The van der Waals surface area contributed by atoms with Crippen LogP contribution in [0.2, 0.25) is 0 Å². The van der Waals surface area contributed by atoms with Gasteiger partial charge in [-0.3, -0.25) is 0 Å². The summed E-state index contributed by atoms with van der Waals surface area (Å²) in [6.07, 6.45) is 10.4. The van der Waals surface area contributed by atoms with E-state index in [1.54, 1.807) is 0 Å². The van der Waals surface area contributed by atoms with Crippen molar-refractivity contribution in [3.63, 3.8) is 0 Å². The number of H-pyrrole nitrogens is 1. The zero-order valence-electron chi connectivity index (χ0n) is 16.7. The number of rotatable bonds is 1. The fourth-order valence-corrected chi connectivity index (χ4v) is 6.31. The zero-order chi connectivity index (χ0) is 19.6. The summed E-state index contributed by atoms with van der Waals surface area (Å²) in [7, 11) is 0. The van der Waals surface area contributed by atoms with Crippen LogP contribution in [-0.4, -0.2) is 4.98 Å². The number of hydrogen-bond donors (Lipinski definition) is 1. The summed E-state index contributed by atoms with van der Waals surface area (Å²) >= 11 is 1.92. The van der Waals surface area contributed by atoms with Crippen LogP contribution in [0.25, 0.3) is 42.0 Å².